The third kappa shape index (κ3) is 5.49. The predicted octanol–water partition coefficient (Wildman–Crippen LogP) is 7.22. The van der Waals surface area contributed by atoms with Gasteiger partial charge in [0.2, 0.25) is 5.92 Å². The van der Waals surface area contributed by atoms with E-state index in [-0.39, 0.29) is 18.8 Å². The van der Waals surface area contributed by atoms with Crippen LogP contribution in [0.25, 0.3) is 0 Å². The van der Waals surface area contributed by atoms with Gasteiger partial charge in [-0.15, -0.1) is 0 Å². The molecule has 2 fully saturated rings. The second-order valence-corrected chi connectivity index (χ2v) is 8.16. The van der Waals surface area contributed by atoms with E-state index in [1.165, 1.54) is 51.4 Å². The van der Waals surface area contributed by atoms with E-state index in [0.29, 0.717) is 6.42 Å². The van der Waals surface area contributed by atoms with Crippen LogP contribution in [-0.2, 0) is 0 Å². The summed E-state index contributed by atoms with van der Waals surface area (Å²) in [6.45, 7) is 4.15. The highest BCUT2D eigenvalue weighted by atomic mass is 19.3. The molecule has 2 aliphatic rings. The van der Waals surface area contributed by atoms with E-state index >= 15 is 0 Å². The lowest BCUT2D eigenvalue weighted by molar-refractivity contribution is -0.0389. The molecule has 0 radical (unpaired) electrons. The van der Waals surface area contributed by atoms with E-state index in [2.05, 4.69) is 6.92 Å². The molecule has 0 aromatic heterocycles. The third-order valence-electron chi connectivity index (χ3n) is 6.35. The number of rotatable bonds is 7. The second-order valence-electron chi connectivity index (χ2n) is 8.16. The van der Waals surface area contributed by atoms with Crippen molar-refractivity contribution in [3.05, 3.63) is 0 Å². The van der Waals surface area contributed by atoms with Crippen molar-refractivity contribution in [1.29, 1.82) is 0 Å². The third-order valence-corrected chi connectivity index (χ3v) is 6.35. The average Bonchev–Trinajstić information content (AvgIpc) is 2.49. The van der Waals surface area contributed by atoms with Gasteiger partial charge in [-0.1, -0.05) is 46.0 Å². The summed E-state index contributed by atoms with van der Waals surface area (Å²) in [5.41, 5.74) is 0. The molecule has 2 aliphatic carbocycles. The summed E-state index contributed by atoms with van der Waals surface area (Å²) in [4.78, 5) is 0. The van der Waals surface area contributed by atoms with E-state index in [1.807, 2.05) is 6.92 Å². The van der Waals surface area contributed by atoms with Crippen LogP contribution in [0, 0.1) is 23.7 Å². The molecule has 0 unspecified atom stereocenters. The van der Waals surface area contributed by atoms with E-state index in [9.17, 15) is 8.78 Å². The SMILES string of the molecule is CCCC1CCC(C2CCC(CC(F)(F)CCC)CC2)CC1. The minimum atomic E-state index is -2.41. The van der Waals surface area contributed by atoms with Crippen LogP contribution in [-0.4, -0.2) is 5.92 Å². The molecule has 2 saturated carbocycles. The lowest BCUT2D eigenvalue weighted by Crippen LogP contribution is -2.28. The minimum absolute atomic E-state index is 0.0777. The van der Waals surface area contributed by atoms with Crippen molar-refractivity contribution in [3.8, 4) is 0 Å². The van der Waals surface area contributed by atoms with Crippen molar-refractivity contribution in [2.75, 3.05) is 0 Å². The first-order valence-electron chi connectivity index (χ1n) is 9.92. The summed E-state index contributed by atoms with van der Waals surface area (Å²) in [5, 5.41) is 0. The first kappa shape index (κ1) is 18.2. The Morgan fingerprint density at radius 2 is 1.23 bits per heavy atom. The normalized spacial score (nSPS) is 33.8. The van der Waals surface area contributed by atoms with Crippen LogP contribution in [0.3, 0.4) is 0 Å². The minimum Gasteiger partial charge on any atom is -0.207 e. The van der Waals surface area contributed by atoms with Crippen LogP contribution in [0.4, 0.5) is 8.78 Å². The molecule has 0 aromatic rings. The fourth-order valence-electron chi connectivity index (χ4n) is 5.11. The smallest absolute Gasteiger partial charge is 0.207 e. The van der Waals surface area contributed by atoms with Gasteiger partial charge in [-0.2, -0.15) is 0 Å². The van der Waals surface area contributed by atoms with Gasteiger partial charge in [-0.3, -0.25) is 0 Å². The number of hydrogen-bond acceptors (Lipinski definition) is 0. The van der Waals surface area contributed by atoms with Gasteiger partial charge in [-0.25, -0.2) is 8.78 Å². The van der Waals surface area contributed by atoms with Gasteiger partial charge in [0, 0.05) is 12.8 Å². The van der Waals surface area contributed by atoms with Crippen LogP contribution >= 0.6 is 0 Å². The Morgan fingerprint density at radius 3 is 1.68 bits per heavy atom. The maximum Gasteiger partial charge on any atom is 0.248 e. The molecule has 0 atom stereocenters. The van der Waals surface area contributed by atoms with Crippen molar-refractivity contribution in [3.63, 3.8) is 0 Å². The standard InChI is InChI=1S/C20H36F2/c1-3-5-16-6-10-18(11-7-16)19-12-8-17(9-13-19)15-20(21,22)14-4-2/h16-19H,3-15H2,1-2H3. The Labute approximate surface area is 136 Å². The fourth-order valence-corrected chi connectivity index (χ4v) is 5.11. The maximum atomic E-state index is 13.8. The molecule has 0 aromatic carbocycles. The molecule has 0 nitrogen and oxygen atoms in total. The zero-order chi connectivity index (χ0) is 16.0. The molecule has 2 heteroatoms. The molecular formula is C20H36F2. The van der Waals surface area contributed by atoms with Gasteiger partial charge < -0.3 is 0 Å². The molecule has 22 heavy (non-hydrogen) atoms. The zero-order valence-corrected chi connectivity index (χ0v) is 14.8. The highest BCUT2D eigenvalue weighted by molar-refractivity contribution is 4.83. The van der Waals surface area contributed by atoms with Crippen LogP contribution in [0.5, 0.6) is 0 Å². The summed E-state index contributed by atoms with van der Waals surface area (Å²) >= 11 is 0. The largest absolute Gasteiger partial charge is 0.248 e. The fraction of sp³-hybridized carbons (Fsp3) is 1.00. The lowest BCUT2D eigenvalue weighted by Gasteiger charge is -2.38. The maximum absolute atomic E-state index is 13.8. The van der Waals surface area contributed by atoms with Gasteiger partial charge in [0.1, 0.15) is 0 Å². The van der Waals surface area contributed by atoms with Gasteiger partial charge >= 0.3 is 0 Å². The van der Waals surface area contributed by atoms with E-state index in [0.717, 1.165) is 30.6 Å². The zero-order valence-electron chi connectivity index (χ0n) is 14.8. The van der Waals surface area contributed by atoms with Crippen LogP contribution in [0.15, 0.2) is 0 Å². The van der Waals surface area contributed by atoms with E-state index < -0.39 is 5.92 Å². The monoisotopic (exact) mass is 314 g/mol. The lowest BCUT2D eigenvalue weighted by atomic mass is 9.68. The molecule has 0 saturated heterocycles. The van der Waals surface area contributed by atoms with Gasteiger partial charge in [0.15, 0.2) is 0 Å². The topological polar surface area (TPSA) is 0 Å². The molecule has 0 spiro atoms. The summed E-state index contributed by atoms with van der Waals surface area (Å²) in [6, 6.07) is 0. The van der Waals surface area contributed by atoms with Gasteiger partial charge in [0.25, 0.3) is 0 Å². The number of halogens is 2. The second kappa shape index (κ2) is 8.64. The Bertz CT molecular complexity index is 297. The first-order chi connectivity index (χ1) is 10.5. The van der Waals surface area contributed by atoms with Crippen LogP contribution < -0.4 is 0 Å². The molecule has 0 heterocycles. The summed E-state index contributed by atoms with van der Waals surface area (Å²) < 4.78 is 27.6. The van der Waals surface area contributed by atoms with Gasteiger partial charge in [-0.05, 0) is 62.2 Å². The summed E-state index contributed by atoms with van der Waals surface area (Å²) in [7, 11) is 0. The van der Waals surface area contributed by atoms with Gasteiger partial charge in [0.05, 0.1) is 0 Å². The van der Waals surface area contributed by atoms with Crippen molar-refractivity contribution in [2.24, 2.45) is 23.7 Å². The summed E-state index contributed by atoms with van der Waals surface area (Å²) in [6.07, 6.45) is 13.8. The first-order valence-corrected chi connectivity index (χ1v) is 9.92. The van der Waals surface area contributed by atoms with E-state index in [4.69, 9.17) is 0 Å². The molecule has 0 aliphatic heterocycles. The molecule has 130 valence electrons. The van der Waals surface area contributed by atoms with Crippen molar-refractivity contribution < 1.29 is 8.78 Å². The van der Waals surface area contributed by atoms with Crippen molar-refractivity contribution in [1.82, 2.24) is 0 Å². The van der Waals surface area contributed by atoms with Crippen LogP contribution in [0.1, 0.15) is 97.3 Å². The predicted molar refractivity (Wildman–Crippen MR) is 90.3 cm³/mol. The molecule has 0 amide bonds. The Morgan fingerprint density at radius 1 is 0.727 bits per heavy atom. The quantitative estimate of drug-likeness (QED) is 0.465. The van der Waals surface area contributed by atoms with Crippen LogP contribution in [0.2, 0.25) is 0 Å². The van der Waals surface area contributed by atoms with Crippen molar-refractivity contribution >= 4 is 0 Å². The highest BCUT2D eigenvalue weighted by Crippen LogP contribution is 2.44. The highest BCUT2D eigenvalue weighted by Gasteiger charge is 2.35. The number of hydrogen-bond donors (Lipinski definition) is 0. The molecule has 0 N–H and O–H groups in total. The molecular weight excluding hydrogens is 278 g/mol. The average molecular weight is 315 g/mol. The van der Waals surface area contributed by atoms with Crippen molar-refractivity contribution in [2.45, 2.75) is 103 Å². The Hall–Kier alpha value is -0.140. The molecule has 2 rings (SSSR count). The number of alkyl halides is 2. The Kier molecular flexibility index (Phi) is 7.15. The Balaban J connectivity index is 1.69. The van der Waals surface area contributed by atoms with E-state index in [1.54, 1.807) is 0 Å². The summed E-state index contributed by atoms with van der Waals surface area (Å²) in [5.74, 6) is 0.605. The molecule has 0 bridgehead atoms.